The molecule has 0 aliphatic heterocycles. The first kappa shape index (κ1) is 16.8. The molecule has 122 valence electrons. The third-order valence-corrected chi connectivity index (χ3v) is 3.35. The third-order valence-electron chi connectivity index (χ3n) is 3.35. The van der Waals surface area contributed by atoms with Crippen molar-refractivity contribution in [2.45, 2.75) is 6.10 Å². The van der Waals surface area contributed by atoms with Crippen LogP contribution in [0.2, 0.25) is 0 Å². The van der Waals surface area contributed by atoms with Gasteiger partial charge in [-0.1, -0.05) is 12.1 Å². The van der Waals surface area contributed by atoms with Gasteiger partial charge in [-0.05, 0) is 42.0 Å². The number of aliphatic hydroxyl groups is 1. The average Bonchev–Trinajstić information content (AvgIpc) is 2.55. The summed E-state index contributed by atoms with van der Waals surface area (Å²) in [6.07, 6.45) is -0.801. The molecule has 2 amide bonds. The van der Waals surface area contributed by atoms with Crippen LogP contribution in [0, 0.1) is 5.82 Å². The topological polar surface area (TPSA) is 64.6 Å². The van der Waals surface area contributed by atoms with Gasteiger partial charge in [-0.2, -0.15) is 0 Å². The van der Waals surface area contributed by atoms with E-state index < -0.39 is 12.1 Å². The molecule has 0 aromatic heterocycles. The molecule has 2 aromatic carbocycles. The highest BCUT2D eigenvalue weighted by Gasteiger charge is 2.10. The van der Waals surface area contributed by atoms with Crippen molar-refractivity contribution < 1.29 is 14.3 Å². The van der Waals surface area contributed by atoms with E-state index in [1.54, 1.807) is 0 Å². The second kappa shape index (κ2) is 7.60. The van der Waals surface area contributed by atoms with Gasteiger partial charge in [0.05, 0.1) is 6.10 Å². The molecule has 0 saturated carbocycles. The maximum absolute atomic E-state index is 12.8. The SMILES string of the molecule is CN(C)c1ccc([C@@H](O)CNC(=O)Nc2ccc(F)cc2)cc1. The molecule has 0 saturated heterocycles. The van der Waals surface area contributed by atoms with Gasteiger partial charge in [-0.15, -0.1) is 0 Å². The number of nitrogens with one attached hydrogen (secondary N) is 2. The average molecular weight is 317 g/mol. The summed E-state index contributed by atoms with van der Waals surface area (Å²) < 4.78 is 12.8. The number of hydrogen-bond donors (Lipinski definition) is 3. The number of urea groups is 1. The summed E-state index contributed by atoms with van der Waals surface area (Å²) in [5, 5.41) is 15.2. The van der Waals surface area contributed by atoms with Crippen molar-refractivity contribution in [3.05, 3.63) is 59.9 Å². The molecule has 0 spiro atoms. The maximum atomic E-state index is 12.8. The zero-order valence-corrected chi connectivity index (χ0v) is 13.1. The molecule has 0 aliphatic rings. The van der Waals surface area contributed by atoms with Gasteiger partial charge in [0.2, 0.25) is 0 Å². The molecule has 1 atom stereocenters. The van der Waals surface area contributed by atoms with E-state index in [2.05, 4.69) is 10.6 Å². The van der Waals surface area contributed by atoms with Crippen molar-refractivity contribution in [1.29, 1.82) is 0 Å². The maximum Gasteiger partial charge on any atom is 0.319 e. The van der Waals surface area contributed by atoms with Crippen molar-refractivity contribution in [3.63, 3.8) is 0 Å². The quantitative estimate of drug-likeness (QED) is 0.794. The number of rotatable bonds is 5. The van der Waals surface area contributed by atoms with Gasteiger partial charge in [0.1, 0.15) is 5.82 Å². The molecule has 0 unspecified atom stereocenters. The van der Waals surface area contributed by atoms with Crippen LogP contribution in [0.25, 0.3) is 0 Å². The summed E-state index contributed by atoms with van der Waals surface area (Å²) in [5.74, 6) is -0.368. The first-order chi connectivity index (χ1) is 11.0. The standard InChI is InChI=1S/C17H20FN3O2/c1-21(2)15-9-3-12(4-10-15)16(22)11-19-17(23)20-14-7-5-13(18)6-8-14/h3-10,16,22H,11H2,1-2H3,(H2,19,20,23)/t16-/m0/s1. The number of carbonyl (C=O) groups is 1. The van der Waals surface area contributed by atoms with E-state index >= 15 is 0 Å². The lowest BCUT2D eigenvalue weighted by molar-refractivity contribution is 0.175. The third kappa shape index (κ3) is 4.96. The molecule has 3 N–H and O–H groups in total. The Labute approximate surface area is 134 Å². The molecule has 0 fully saturated rings. The minimum absolute atomic E-state index is 0.0777. The summed E-state index contributed by atoms with van der Waals surface area (Å²) in [4.78, 5) is 13.7. The zero-order chi connectivity index (χ0) is 16.8. The Morgan fingerprint density at radius 3 is 2.30 bits per heavy atom. The van der Waals surface area contributed by atoms with E-state index in [0.29, 0.717) is 5.69 Å². The second-order valence-corrected chi connectivity index (χ2v) is 5.34. The smallest absolute Gasteiger partial charge is 0.319 e. The summed E-state index contributed by atoms with van der Waals surface area (Å²) in [6, 6.07) is 12.4. The largest absolute Gasteiger partial charge is 0.387 e. The summed E-state index contributed by atoms with van der Waals surface area (Å²) in [5.41, 5.74) is 2.23. The molecule has 6 heteroatoms. The van der Waals surface area contributed by atoms with Crippen LogP contribution in [-0.2, 0) is 0 Å². The van der Waals surface area contributed by atoms with Crippen molar-refractivity contribution in [2.24, 2.45) is 0 Å². The van der Waals surface area contributed by atoms with Gasteiger partial charge in [0.15, 0.2) is 0 Å². The number of nitrogens with zero attached hydrogens (tertiary/aromatic N) is 1. The number of aliphatic hydroxyl groups excluding tert-OH is 1. The Kier molecular flexibility index (Phi) is 5.54. The number of anilines is 2. The highest BCUT2D eigenvalue weighted by molar-refractivity contribution is 5.89. The number of hydrogen-bond acceptors (Lipinski definition) is 3. The normalized spacial score (nSPS) is 11.7. The fourth-order valence-electron chi connectivity index (χ4n) is 2.01. The van der Waals surface area contributed by atoms with E-state index in [9.17, 15) is 14.3 Å². The van der Waals surface area contributed by atoms with Crippen LogP contribution in [0.5, 0.6) is 0 Å². The van der Waals surface area contributed by atoms with Gasteiger partial charge < -0.3 is 20.6 Å². The fourth-order valence-corrected chi connectivity index (χ4v) is 2.01. The van der Waals surface area contributed by atoms with E-state index in [4.69, 9.17) is 0 Å². The Hall–Kier alpha value is -2.60. The van der Waals surface area contributed by atoms with E-state index in [1.807, 2.05) is 43.3 Å². The molecule has 5 nitrogen and oxygen atoms in total. The molecule has 0 aliphatic carbocycles. The van der Waals surface area contributed by atoms with Crippen molar-refractivity contribution in [1.82, 2.24) is 5.32 Å². The van der Waals surface area contributed by atoms with Crippen LogP contribution >= 0.6 is 0 Å². The van der Waals surface area contributed by atoms with Crippen LogP contribution < -0.4 is 15.5 Å². The number of halogens is 1. The van der Waals surface area contributed by atoms with Crippen LogP contribution in [0.4, 0.5) is 20.6 Å². The fraction of sp³-hybridized carbons (Fsp3) is 0.235. The Balaban J connectivity index is 1.84. The molecule has 0 heterocycles. The van der Waals surface area contributed by atoms with E-state index in [-0.39, 0.29) is 12.4 Å². The minimum atomic E-state index is -0.801. The van der Waals surface area contributed by atoms with Crippen LogP contribution in [-0.4, -0.2) is 31.8 Å². The molecule has 0 radical (unpaired) electrons. The predicted octanol–water partition coefficient (Wildman–Crippen LogP) is 2.75. The molecule has 2 rings (SSSR count). The predicted molar refractivity (Wildman–Crippen MR) is 89.2 cm³/mol. The second-order valence-electron chi connectivity index (χ2n) is 5.34. The van der Waals surface area contributed by atoms with Crippen LogP contribution in [0.1, 0.15) is 11.7 Å². The van der Waals surface area contributed by atoms with Gasteiger partial charge in [0.25, 0.3) is 0 Å². The van der Waals surface area contributed by atoms with E-state index in [1.165, 1.54) is 24.3 Å². The van der Waals surface area contributed by atoms with E-state index in [0.717, 1.165) is 11.3 Å². The number of amides is 2. The van der Waals surface area contributed by atoms with Crippen LogP contribution in [0.15, 0.2) is 48.5 Å². The Bertz CT molecular complexity index is 642. The Morgan fingerprint density at radius 1 is 1.13 bits per heavy atom. The highest BCUT2D eigenvalue weighted by Crippen LogP contribution is 2.17. The number of carbonyl (C=O) groups excluding carboxylic acids is 1. The number of benzene rings is 2. The van der Waals surface area contributed by atoms with Gasteiger partial charge >= 0.3 is 6.03 Å². The lowest BCUT2D eigenvalue weighted by atomic mass is 10.1. The van der Waals surface area contributed by atoms with Crippen molar-refractivity contribution in [3.8, 4) is 0 Å². The summed E-state index contributed by atoms with van der Waals surface area (Å²) >= 11 is 0. The van der Waals surface area contributed by atoms with Gasteiger partial charge in [-0.3, -0.25) is 0 Å². The molecule has 0 bridgehead atoms. The Morgan fingerprint density at radius 2 is 1.74 bits per heavy atom. The molecule has 2 aromatic rings. The summed E-state index contributed by atoms with van der Waals surface area (Å²) in [7, 11) is 3.87. The molecular weight excluding hydrogens is 297 g/mol. The molecular formula is C17H20FN3O2. The summed E-state index contributed by atoms with van der Waals surface area (Å²) in [6.45, 7) is 0.0777. The minimum Gasteiger partial charge on any atom is -0.387 e. The molecule has 23 heavy (non-hydrogen) atoms. The van der Waals surface area contributed by atoms with Crippen molar-refractivity contribution in [2.75, 3.05) is 30.9 Å². The highest BCUT2D eigenvalue weighted by atomic mass is 19.1. The van der Waals surface area contributed by atoms with Crippen molar-refractivity contribution >= 4 is 17.4 Å². The first-order valence-electron chi connectivity index (χ1n) is 7.21. The lowest BCUT2D eigenvalue weighted by Crippen LogP contribution is -2.32. The van der Waals surface area contributed by atoms with Gasteiger partial charge in [0, 0.05) is 32.0 Å². The van der Waals surface area contributed by atoms with Gasteiger partial charge in [-0.25, -0.2) is 9.18 Å². The van der Waals surface area contributed by atoms with Crippen LogP contribution in [0.3, 0.4) is 0 Å². The zero-order valence-electron chi connectivity index (χ0n) is 13.1. The first-order valence-corrected chi connectivity index (χ1v) is 7.21. The monoisotopic (exact) mass is 317 g/mol. The lowest BCUT2D eigenvalue weighted by Gasteiger charge is -2.16.